The van der Waals surface area contributed by atoms with Crippen LogP contribution < -0.4 is 10.6 Å². The Morgan fingerprint density at radius 3 is 2.78 bits per heavy atom. The molecule has 0 radical (unpaired) electrons. The maximum atomic E-state index is 6.11. The topological polar surface area (TPSA) is 66.0 Å². The lowest BCUT2D eigenvalue weighted by molar-refractivity contribution is 0.414. The molecule has 2 aromatic carbocycles. The normalized spacial score (nSPS) is 10.7. The fraction of sp³-hybridized carbons (Fsp3) is 0.125. The highest BCUT2D eigenvalue weighted by atomic mass is 35.5. The van der Waals surface area contributed by atoms with Crippen molar-refractivity contribution >= 4 is 23.4 Å². The number of methoxy groups -OCH3 is 1. The first-order valence-corrected chi connectivity index (χ1v) is 8.26. The Kier molecular flexibility index (Phi) is 4.73. The Morgan fingerprint density at radius 2 is 2.00 bits per heavy atom. The largest absolute Gasteiger partial charge is 0.497 e. The first kappa shape index (κ1) is 15.7. The molecule has 118 valence electrons. The van der Waals surface area contributed by atoms with E-state index in [1.807, 2.05) is 42.5 Å². The number of nitrogens with zero attached hydrogens (tertiary/aromatic N) is 3. The van der Waals surface area contributed by atoms with E-state index in [0.29, 0.717) is 16.0 Å². The highest BCUT2D eigenvalue weighted by molar-refractivity contribution is 7.98. The summed E-state index contributed by atoms with van der Waals surface area (Å²) in [5.74, 6) is 8.25. The molecular weight excluding hydrogens is 332 g/mol. The van der Waals surface area contributed by atoms with E-state index < -0.39 is 0 Å². The van der Waals surface area contributed by atoms with E-state index in [1.165, 1.54) is 16.4 Å². The van der Waals surface area contributed by atoms with Crippen LogP contribution in [-0.2, 0) is 5.75 Å². The smallest absolute Gasteiger partial charge is 0.210 e. The molecule has 3 aromatic rings. The van der Waals surface area contributed by atoms with Gasteiger partial charge in [0.2, 0.25) is 5.16 Å². The molecule has 0 aliphatic carbocycles. The summed E-state index contributed by atoms with van der Waals surface area (Å²) in [6, 6.07) is 15.3. The van der Waals surface area contributed by atoms with Gasteiger partial charge in [0.25, 0.3) is 0 Å². The van der Waals surface area contributed by atoms with E-state index in [4.69, 9.17) is 22.2 Å². The van der Waals surface area contributed by atoms with Crippen LogP contribution in [0, 0.1) is 0 Å². The van der Waals surface area contributed by atoms with Crippen LogP contribution in [0.1, 0.15) is 5.56 Å². The molecule has 5 nitrogen and oxygen atoms in total. The molecule has 0 saturated carbocycles. The summed E-state index contributed by atoms with van der Waals surface area (Å²) >= 11 is 7.52. The fourth-order valence-corrected chi connectivity index (χ4v) is 3.10. The molecule has 0 saturated heterocycles. The molecule has 1 heterocycles. The van der Waals surface area contributed by atoms with Crippen molar-refractivity contribution in [2.24, 2.45) is 0 Å². The van der Waals surface area contributed by atoms with Crippen LogP contribution in [0.25, 0.3) is 11.4 Å². The quantitative estimate of drug-likeness (QED) is 0.564. The molecule has 0 aliphatic rings. The molecule has 23 heavy (non-hydrogen) atoms. The molecule has 0 unspecified atom stereocenters. The molecule has 0 amide bonds. The number of thioether (sulfide) groups is 1. The fourth-order valence-electron chi connectivity index (χ4n) is 2.11. The van der Waals surface area contributed by atoms with Crippen molar-refractivity contribution in [1.29, 1.82) is 0 Å². The lowest BCUT2D eigenvalue weighted by atomic mass is 10.2. The number of aromatic nitrogens is 3. The summed E-state index contributed by atoms with van der Waals surface area (Å²) in [5, 5.41) is 9.59. The number of hydrogen-bond acceptors (Lipinski definition) is 5. The van der Waals surface area contributed by atoms with Crippen LogP contribution in [0.2, 0.25) is 5.02 Å². The Morgan fingerprint density at radius 1 is 1.17 bits per heavy atom. The van der Waals surface area contributed by atoms with Gasteiger partial charge in [-0.3, -0.25) is 0 Å². The molecule has 3 rings (SSSR count). The van der Waals surface area contributed by atoms with Gasteiger partial charge in [-0.25, -0.2) is 4.68 Å². The zero-order valence-corrected chi connectivity index (χ0v) is 14.0. The number of nitrogens with two attached hydrogens (primary N) is 1. The summed E-state index contributed by atoms with van der Waals surface area (Å²) in [6.45, 7) is 0. The first-order chi connectivity index (χ1) is 11.2. The maximum Gasteiger partial charge on any atom is 0.210 e. The highest BCUT2D eigenvalue weighted by Gasteiger charge is 2.12. The van der Waals surface area contributed by atoms with Gasteiger partial charge < -0.3 is 10.6 Å². The number of rotatable bonds is 5. The van der Waals surface area contributed by atoms with E-state index in [0.717, 1.165) is 22.6 Å². The average molecular weight is 347 g/mol. The van der Waals surface area contributed by atoms with Crippen LogP contribution in [0.5, 0.6) is 5.75 Å². The van der Waals surface area contributed by atoms with Gasteiger partial charge in [0, 0.05) is 16.3 Å². The summed E-state index contributed by atoms with van der Waals surface area (Å²) < 4.78 is 6.71. The van der Waals surface area contributed by atoms with E-state index in [2.05, 4.69) is 10.2 Å². The highest BCUT2D eigenvalue weighted by Crippen LogP contribution is 2.26. The lowest BCUT2D eigenvalue weighted by Gasteiger charge is -2.05. The van der Waals surface area contributed by atoms with Crippen LogP contribution in [0.15, 0.2) is 53.7 Å². The van der Waals surface area contributed by atoms with Crippen molar-refractivity contribution < 1.29 is 4.74 Å². The zero-order valence-electron chi connectivity index (χ0n) is 12.4. The third kappa shape index (κ3) is 3.60. The molecule has 0 atom stereocenters. The molecular formula is C16H15ClN4OS. The minimum Gasteiger partial charge on any atom is -0.497 e. The van der Waals surface area contributed by atoms with Gasteiger partial charge >= 0.3 is 0 Å². The van der Waals surface area contributed by atoms with Crippen molar-refractivity contribution in [2.45, 2.75) is 10.9 Å². The monoisotopic (exact) mass is 346 g/mol. The Hall–Kier alpha value is -2.18. The van der Waals surface area contributed by atoms with Crippen molar-refractivity contribution in [3.05, 3.63) is 59.1 Å². The van der Waals surface area contributed by atoms with Crippen LogP contribution in [0.3, 0.4) is 0 Å². The number of benzene rings is 2. The van der Waals surface area contributed by atoms with Crippen molar-refractivity contribution in [3.8, 4) is 17.1 Å². The second-order valence-electron chi connectivity index (χ2n) is 4.83. The summed E-state index contributed by atoms with van der Waals surface area (Å²) in [6.07, 6.45) is 0. The van der Waals surface area contributed by atoms with Crippen LogP contribution >= 0.6 is 23.4 Å². The first-order valence-electron chi connectivity index (χ1n) is 6.89. The van der Waals surface area contributed by atoms with E-state index in [-0.39, 0.29) is 0 Å². The molecule has 7 heteroatoms. The third-order valence-corrected chi connectivity index (χ3v) is 4.50. The Balaban J connectivity index is 1.77. The van der Waals surface area contributed by atoms with Gasteiger partial charge in [-0.15, -0.1) is 10.2 Å². The summed E-state index contributed by atoms with van der Waals surface area (Å²) in [5.41, 5.74) is 1.96. The molecule has 0 aliphatic heterocycles. The minimum absolute atomic E-state index is 0.584. The Labute approximate surface area is 143 Å². The number of hydrogen-bond donors (Lipinski definition) is 1. The van der Waals surface area contributed by atoms with Gasteiger partial charge in [-0.05, 0) is 29.8 Å². The third-order valence-electron chi connectivity index (χ3n) is 3.25. The van der Waals surface area contributed by atoms with Gasteiger partial charge in [0.05, 0.1) is 7.11 Å². The van der Waals surface area contributed by atoms with E-state index >= 15 is 0 Å². The van der Waals surface area contributed by atoms with Crippen LogP contribution in [0.4, 0.5) is 0 Å². The van der Waals surface area contributed by atoms with E-state index in [9.17, 15) is 0 Å². The van der Waals surface area contributed by atoms with Gasteiger partial charge in [0.15, 0.2) is 5.82 Å². The molecule has 0 spiro atoms. The number of ether oxygens (including phenoxy) is 1. The van der Waals surface area contributed by atoms with Crippen molar-refractivity contribution in [1.82, 2.24) is 14.9 Å². The summed E-state index contributed by atoms with van der Waals surface area (Å²) in [7, 11) is 1.65. The molecule has 1 aromatic heterocycles. The standard InChI is InChI=1S/C16H15ClN4OS/c1-22-14-7-2-4-11(8-14)10-23-16-20-19-15(21(16)18)12-5-3-6-13(17)9-12/h2-9H,10,18H2,1H3. The predicted octanol–water partition coefficient (Wildman–Crippen LogP) is 3.61. The molecule has 0 fully saturated rings. The van der Waals surface area contributed by atoms with Crippen LogP contribution in [-0.4, -0.2) is 22.0 Å². The lowest BCUT2D eigenvalue weighted by Crippen LogP contribution is -2.11. The average Bonchev–Trinajstić information content (AvgIpc) is 2.94. The van der Waals surface area contributed by atoms with Crippen molar-refractivity contribution in [2.75, 3.05) is 13.0 Å². The number of nitrogen functional groups attached to an aromatic ring is 1. The second kappa shape index (κ2) is 6.93. The van der Waals surface area contributed by atoms with Crippen molar-refractivity contribution in [3.63, 3.8) is 0 Å². The second-order valence-corrected chi connectivity index (χ2v) is 6.21. The zero-order chi connectivity index (χ0) is 16.2. The predicted molar refractivity (Wildman–Crippen MR) is 93.2 cm³/mol. The van der Waals surface area contributed by atoms with Gasteiger partial charge in [-0.2, -0.15) is 0 Å². The number of halogens is 1. The maximum absolute atomic E-state index is 6.11. The molecule has 2 N–H and O–H groups in total. The Bertz CT molecular complexity index is 821. The van der Waals surface area contributed by atoms with E-state index in [1.54, 1.807) is 13.2 Å². The molecule has 0 bridgehead atoms. The van der Waals surface area contributed by atoms with Gasteiger partial charge in [0.1, 0.15) is 5.75 Å². The summed E-state index contributed by atoms with van der Waals surface area (Å²) in [4.78, 5) is 0. The van der Waals surface area contributed by atoms with Gasteiger partial charge in [-0.1, -0.05) is 47.6 Å². The SMILES string of the molecule is COc1cccc(CSc2nnc(-c3cccc(Cl)c3)n2N)c1. The minimum atomic E-state index is 0.584.